The number of nitrogens with one attached hydrogen (secondary N) is 1. The van der Waals surface area contributed by atoms with Crippen LogP contribution in [0.3, 0.4) is 0 Å². The second-order valence-corrected chi connectivity index (χ2v) is 7.13. The molecule has 0 saturated carbocycles. The number of carboxylic acids is 1. The first-order valence-corrected chi connectivity index (χ1v) is 8.80. The number of nitrogens with zero attached hydrogens (tertiary/aromatic N) is 1. The molecule has 28 heavy (non-hydrogen) atoms. The molecule has 1 aliphatic carbocycles. The number of carbonyl (C=O) groups is 2. The Morgan fingerprint density at radius 1 is 1.04 bits per heavy atom. The largest absolute Gasteiger partial charge is 0.481 e. The van der Waals surface area contributed by atoms with Crippen molar-refractivity contribution in [1.82, 2.24) is 4.90 Å². The van der Waals surface area contributed by atoms with Gasteiger partial charge in [-0.15, -0.1) is 0 Å². The predicted octanol–water partition coefficient (Wildman–Crippen LogP) is 3.98. The lowest BCUT2D eigenvalue weighted by Gasteiger charge is -2.19. The van der Waals surface area contributed by atoms with E-state index in [9.17, 15) is 22.8 Å². The Bertz CT molecular complexity index is 958. The maximum atomic E-state index is 13.1. The molecule has 2 aromatic rings. The highest BCUT2D eigenvalue weighted by Gasteiger charge is 2.53. The van der Waals surface area contributed by atoms with Gasteiger partial charge in [0.05, 0.1) is 11.8 Å². The highest BCUT2D eigenvalue weighted by Crippen LogP contribution is 2.39. The maximum Gasteiger partial charge on any atom is 0.394 e. The lowest BCUT2D eigenvalue weighted by atomic mass is 9.96. The summed E-state index contributed by atoms with van der Waals surface area (Å²) in [6.45, 7) is -1.13. The summed E-state index contributed by atoms with van der Waals surface area (Å²) in [6, 6.07) is 12.6. The van der Waals surface area contributed by atoms with Gasteiger partial charge in [0.25, 0.3) is 0 Å². The molecule has 146 valence electrons. The van der Waals surface area contributed by atoms with Crippen molar-refractivity contribution in [3.8, 4) is 11.1 Å². The zero-order valence-corrected chi connectivity index (χ0v) is 14.7. The number of rotatable bonds is 2. The van der Waals surface area contributed by atoms with Gasteiger partial charge in [-0.2, -0.15) is 13.2 Å². The SMILES string of the molecule is O=C(O)[C@@H]1CN(C(=O)Nc2ccc3c(c2)Cc2ccccc2-3)C[C@H]1C(F)(F)F. The number of aliphatic carboxylic acids is 1. The molecule has 1 fully saturated rings. The van der Waals surface area contributed by atoms with Gasteiger partial charge in [0.15, 0.2) is 0 Å². The van der Waals surface area contributed by atoms with Crippen molar-refractivity contribution in [1.29, 1.82) is 0 Å². The van der Waals surface area contributed by atoms with Crippen molar-refractivity contribution in [2.24, 2.45) is 11.8 Å². The fourth-order valence-electron chi connectivity index (χ4n) is 3.98. The normalized spacial score (nSPS) is 20.6. The molecule has 5 nitrogen and oxygen atoms in total. The summed E-state index contributed by atoms with van der Waals surface area (Å²) in [5.74, 6) is -5.27. The highest BCUT2D eigenvalue weighted by atomic mass is 19.4. The number of anilines is 1. The van der Waals surface area contributed by atoms with E-state index in [2.05, 4.69) is 5.32 Å². The Morgan fingerprint density at radius 3 is 2.43 bits per heavy atom. The zero-order valence-electron chi connectivity index (χ0n) is 14.7. The molecule has 2 amide bonds. The van der Waals surface area contributed by atoms with Crippen LogP contribution in [0, 0.1) is 11.8 Å². The van der Waals surface area contributed by atoms with Gasteiger partial charge >= 0.3 is 18.2 Å². The number of hydrogen-bond acceptors (Lipinski definition) is 2. The second kappa shape index (κ2) is 6.54. The lowest BCUT2D eigenvalue weighted by molar-refractivity contribution is -0.187. The van der Waals surface area contributed by atoms with Crippen LogP contribution in [0.15, 0.2) is 42.5 Å². The number of urea groups is 1. The molecule has 0 radical (unpaired) electrons. The topological polar surface area (TPSA) is 69.6 Å². The first kappa shape index (κ1) is 18.3. The van der Waals surface area contributed by atoms with Crippen LogP contribution in [0.2, 0.25) is 0 Å². The van der Waals surface area contributed by atoms with Gasteiger partial charge in [0, 0.05) is 18.8 Å². The molecule has 1 heterocycles. The molecule has 2 atom stereocenters. The Hall–Kier alpha value is -3.03. The molecular formula is C20H17F3N2O3. The molecule has 2 aliphatic rings. The number of carbonyl (C=O) groups excluding carboxylic acids is 1. The molecule has 2 N–H and O–H groups in total. The number of fused-ring (bicyclic) bond motifs is 3. The predicted molar refractivity (Wildman–Crippen MR) is 95.9 cm³/mol. The van der Waals surface area contributed by atoms with Crippen LogP contribution >= 0.6 is 0 Å². The van der Waals surface area contributed by atoms with Crippen molar-refractivity contribution < 1.29 is 27.9 Å². The van der Waals surface area contributed by atoms with Crippen LogP contribution in [0.4, 0.5) is 23.7 Å². The summed E-state index contributed by atoms with van der Waals surface area (Å²) in [5.41, 5.74) is 4.87. The fraction of sp³-hybridized carbons (Fsp3) is 0.300. The van der Waals surface area contributed by atoms with Crippen molar-refractivity contribution in [2.45, 2.75) is 12.6 Å². The van der Waals surface area contributed by atoms with E-state index in [-0.39, 0.29) is 0 Å². The van der Waals surface area contributed by atoms with Gasteiger partial charge in [-0.1, -0.05) is 30.3 Å². The monoisotopic (exact) mass is 390 g/mol. The number of carboxylic acid groups (broad SMARTS) is 1. The van der Waals surface area contributed by atoms with Gasteiger partial charge in [-0.3, -0.25) is 4.79 Å². The summed E-state index contributed by atoms with van der Waals surface area (Å²) in [7, 11) is 0. The fourth-order valence-corrected chi connectivity index (χ4v) is 3.98. The minimum Gasteiger partial charge on any atom is -0.481 e. The van der Waals surface area contributed by atoms with Gasteiger partial charge in [0.1, 0.15) is 0 Å². The van der Waals surface area contributed by atoms with Gasteiger partial charge in [-0.05, 0) is 40.8 Å². The van der Waals surface area contributed by atoms with E-state index in [0.29, 0.717) is 5.69 Å². The van der Waals surface area contributed by atoms with Crippen LogP contribution < -0.4 is 5.32 Å². The Kier molecular flexibility index (Phi) is 4.28. The number of benzene rings is 2. The van der Waals surface area contributed by atoms with Gasteiger partial charge < -0.3 is 15.3 Å². The van der Waals surface area contributed by atoms with E-state index in [1.165, 1.54) is 5.56 Å². The van der Waals surface area contributed by atoms with E-state index in [0.717, 1.165) is 28.0 Å². The van der Waals surface area contributed by atoms with Crippen LogP contribution in [0.25, 0.3) is 11.1 Å². The third kappa shape index (κ3) is 3.19. The van der Waals surface area contributed by atoms with Gasteiger partial charge in [-0.25, -0.2) is 4.79 Å². The third-order valence-corrected chi connectivity index (χ3v) is 5.39. The van der Waals surface area contributed by atoms with E-state index in [4.69, 9.17) is 5.11 Å². The molecule has 0 bridgehead atoms. The quantitative estimate of drug-likeness (QED) is 0.695. The summed E-state index contributed by atoms with van der Waals surface area (Å²) in [5, 5.41) is 11.7. The Morgan fingerprint density at radius 2 is 1.75 bits per heavy atom. The van der Waals surface area contributed by atoms with Crippen molar-refractivity contribution in [2.75, 3.05) is 18.4 Å². The summed E-state index contributed by atoms with van der Waals surface area (Å²) in [6.07, 6.45) is -3.95. The smallest absolute Gasteiger partial charge is 0.394 e. The average Bonchev–Trinajstić information content (AvgIpc) is 3.23. The Balaban J connectivity index is 1.49. The zero-order chi connectivity index (χ0) is 20.1. The minimum absolute atomic E-state index is 0.471. The van der Waals surface area contributed by atoms with E-state index >= 15 is 0 Å². The highest BCUT2D eigenvalue weighted by molar-refractivity contribution is 5.91. The van der Waals surface area contributed by atoms with E-state index in [1.54, 1.807) is 12.1 Å². The molecule has 1 aliphatic heterocycles. The molecule has 2 aromatic carbocycles. The molecule has 0 aromatic heterocycles. The lowest BCUT2D eigenvalue weighted by Crippen LogP contribution is -2.35. The van der Waals surface area contributed by atoms with E-state index < -0.39 is 43.1 Å². The molecule has 1 saturated heterocycles. The summed E-state index contributed by atoms with van der Waals surface area (Å²) in [4.78, 5) is 24.5. The van der Waals surface area contributed by atoms with E-state index in [1.807, 2.05) is 30.3 Å². The molecule has 4 rings (SSSR count). The van der Waals surface area contributed by atoms with Crippen molar-refractivity contribution >= 4 is 17.7 Å². The summed E-state index contributed by atoms with van der Waals surface area (Å²) < 4.78 is 39.3. The number of halogens is 3. The van der Waals surface area contributed by atoms with Crippen LogP contribution in [-0.4, -0.2) is 41.3 Å². The number of alkyl halides is 3. The first-order valence-electron chi connectivity index (χ1n) is 8.80. The molecule has 0 unspecified atom stereocenters. The molecule has 0 spiro atoms. The number of likely N-dealkylation sites (tertiary alicyclic amines) is 1. The van der Waals surface area contributed by atoms with Crippen molar-refractivity contribution in [3.05, 3.63) is 53.6 Å². The van der Waals surface area contributed by atoms with Crippen molar-refractivity contribution in [3.63, 3.8) is 0 Å². The second-order valence-electron chi connectivity index (χ2n) is 7.13. The number of amides is 2. The minimum atomic E-state index is -4.67. The average molecular weight is 390 g/mol. The third-order valence-electron chi connectivity index (χ3n) is 5.39. The van der Waals surface area contributed by atoms with Crippen LogP contribution in [0.1, 0.15) is 11.1 Å². The Labute approximate surface area is 158 Å². The standard InChI is InChI=1S/C20H17F3N2O3/c21-20(22,23)17-10-25(9-16(17)18(26)27)19(28)24-13-5-6-15-12(8-13)7-11-3-1-2-4-14(11)15/h1-6,8,16-17H,7,9-10H2,(H,24,28)(H,26,27)/t16-,17-/m1/s1. The van der Waals surface area contributed by atoms with Crippen LogP contribution in [-0.2, 0) is 11.2 Å². The molecule has 8 heteroatoms. The summed E-state index contributed by atoms with van der Waals surface area (Å²) >= 11 is 0. The van der Waals surface area contributed by atoms with Crippen LogP contribution in [0.5, 0.6) is 0 Å². The van der Waals surface area contributed by atoms with Gasteiger partial charge in [0.2, 0.25) is 0 Å². The number of hydrogen-bond donors (Lipinski definition) is 2. The maximum absolute atomic E-state index is 13.1. The first-order chi connectivity index (χ1) is 13.2. The molecular weight excluding hydrogens is 373 g/mol.